The van der Waals surface area contributed by atoms with Gasteiger partial charge in [-0.1, -0.05) is 39.0 Å². The molecule has 20 heavy (non-hydrogen) atoms. The highest BCUT2D eigenvalue weighted by Crippen LogP contribution is 2.45. The average molecular weight is 281 g/mol. The molecule has 2 aliphatic carbocycles. The highest BCUT2D eigenvalue weighted by molar-refractivity contribution is 5.82. The van der Waals surface area contributed by atoms with Gasteiger partial charge in [0.05, 0.1) is 5.41 Å². The van der Waals surface area contributed by atoms with Crippen LogP contribution in [0.5, 0.6) is 0 Å². The molecule has 0 heterocycles. The second kappa shape index (κ2) is 6.59. The summed E-state index contributed by atoms with van der Waals surface area (Å²) < 4.78 is 0. The summed E-state index contributed by atoms with van der Waals surface area (Å²) >= 11 is 0. The van der Waals surface area contributed by atoms with Crippen LogP contribution in [-0.2, 0) is 9.59 Å². The first kappa shape index (κ1) is 15.3. The molecule has 0 aromatic rings. The standard InChI is InChI=1S/C16H27NO3/c1-2-5-13(10-12-6-3-4-7-12)14(18)17-11-16(8-9-16)15(19)20/h12-13H,2-11H2,1H3,(H,17,18)(H,19,20). The van der Waals surface area contributed by atoms with Crippen LogP contribution in [0.4, 0.5) is 0 Å². The van der Waals surface area contributed by atoms with Crippen molar-refractivity contribution in [3.05, 3.63) is 0 Å². The number of nitrogens with one attached hydrogen (secondary N) is 1. The van der Waals surface area contributed by atoms with Crippen LogP contribution in [0.15, 0.2) is 0 Å². The molecule has 2 rings (SSSR count). The van der Waals surface area contributed by atoms with Crippen LogP contribution >= 0.6 is 0 Å². The molecule has 4 nitrogen and oxygen atoms in total. The molecule has 0 saturated heterocycles. The second-order valence-corrected chi connectivity index (χ2v) is 6.68. The van der Waals surface area contributed by atoms with Crippen molar-refractivity contribution in [2.45, 2.75) is 64.7 Å². The Balaban J connectivity index is 1.81. The molecule has 0 spiro atoms. The minimum absolute atomic E-state index is 0.0753. The maximum atomic E-state index is 12.3. The third kappa shape index (κ3) is 3.74. The summed E-state index contributed by atoms with van der Waals surface area (Å²) in [6, 6.07) is 0. The predicted molar refractivity (Wildman–Crippen MR) is 77.3 cm³/mol. The normalized spacial score (nSPS) is 22.4. The third-order valence-electron chi connectivity index (χ3n) is 5.01. The van der Waals surface area contributed by atoms with Crippen molar-refractivity contribution in [2.75, 3.05) is 6.54 Å². The summed E-state index contributed by atoms with van der Waals surface area (Å²) in [4.78, 5) is 23.4. The molecule has 0 aliphatic heterocycles. The molecule has 2 fully saturated rings. The Kier molecular flexibility index (Phi) is 5.06. The van der Waals surface area contributed by atoms with Gasteiger partial charge in [-0.25, -0.2) is 0 Å². The summed E-state index contributed by atoms with van der Waals surface area (Å²) in [5.41, 5.74) is -0.653. The van der Waals surface area contributed by atoms with Crippen molar-refractivity contribution in [3.8, 4) is 0 Å². The minimum atomic E-state index is -0.763. The fourth-order valence-corrected chi connectivity index (χ4v) is 3.37. The monoisotopic (exact) mass is 281 g/mol. The quantitative estimate of drug-likeness (QED) is 0.719. The van der Waals surface area contributed by atoms with E-state index < -0.39 is 11.4 Å². The summed E-state index contributed by atoms with van der Waals surface area (Å²) in [7, 11) is 0. The molecule has 2 N–H and O–H groups in total. The number of amides is 1. The van der Waals surface area contributed by atoms with Gasteiger partial charge in [0.15, 0.2) is 0 Å². The van der Waals surface area contributed by atoms with Gasteiger partial charge in [-0.2, -0.15) is 0 Å². The van der Waals surface area contributed by atoms with Gasteiger partial charge in [0, 0.05) is 12.5 Å². The van der Waals surface area contributed by atoms with E-state index in [1.165, 1.54) is 25.7 Å². The van der Waals surface area contributed by atoms with Crippen LogP contribution in [0.3, 0.4) is 0 Å². The largest absolute Gasteiger partial charge is 0.481 e. The number of carbonyl (C=O) groups excluding carboxylic acids is 1. The fourth-order valence-electron chi connectivity index (χ4n) is 3.37. The first-order valence-electron chi connectivity index (χ1n) is 8.08. The van der Waals surface area contributed by atoms with E-state index in [2.05, 4.69) is 12.2 Å². The number of carboxylic acids is 1. The number of carbonyl (C=O) groups is 2. The Bertz CT molecular complexity index is 357. The number of aliphatic carboxylic acids is 1. The van der Waals surface area contributed by atoms with Gasteiger partial charge in [-0.15, -0.1) is 0 Å². The molecule has 4 heteroatoms. The molecule has 2 saturated carbocycles. The van der Waals surface area contributed by atoms with E-state index in [0.29, 0.717) is 25.3 Å². The van der Waals surface area contributed by atoms with Crippen LogP contribution < -0.4 is 5.32 Å². The summed E-state index contributed by atoms with van der Waals surface area (Å²) in [6.45, 7) is 2.42. The van der Waals surface area contributed by atoms with E-state index >= 15 is 0 Å². The van der Waals surface area contributed by atoms with Gasteiger partial charge in [-0.05, 0) is 31.6 Å². The van der Waals surface area contributed by atoms with Crippen LogP contribution in [0.25, 0.3) is 0 Å². The Morgan fingerprint density at radius 2 is 1.95 bits per heavy atom. The fraction of sp³-hybridized carbons (Fsp3) is 0.875. The first-order valence-corrected chi connectivity index (χ1v) is 8.08. The number of carboxylic acid groups (broad SMARTS) is 1. The number of rotatable bonds is 8. The summed E-state index contributed by atoms with van der Waals surface area (Å²) in [5, 5.41) is 12.0. The zero-order valence-electron chi connectivity index (χ0n) is 12.5. The lowest BCUT2D eigenvalue weighted by Gasteiger charge is -2.21. The van der Waals surface area contributed by atoms with Gasteiger partial charge in [0.2, 0.25) is 5.91 Å². The Morgan fingerprint density at radius 1 is 1.30 bits per heavy atom. The maximum Gasteiger partial charge on any atom is 0.311 e. The topological polar surface area (TPSA) is 66.4 Å². The highest BCUT2D eigenvalue weighted by Gasteiger charge is 2.50. The van der Waals surface area contributed by atoms with E-state index in [1.807, 2.05) is 0 Å². The van der Waals surface area contributed by atoms with E-state index in [4.69, 9.17) is 5.11 Å². The van der Waals surface area contributed by atoms with Crippen molar-refractivity contribution in [3.63, 3.8) is 0 Å². The zero-order chi connectivity index (χ0) is 14.6. The number of hydrogen-bond acceptors (Lipinski definition) is 2. The summed E-state index contributed by atoms with van der Waals surface area (Å²) in [6.07, 6.45) is 9.42. The molecule has 0 aromatic heterocycles. The molecular formula is C16H27NO3. The van der Waals surface area contributed by atoms with Crippen LogP contribution in [0.1, 0.15) is 64.7 Å². The molecule has 1 atom stereocenters. The molecule has 0 bridgehead atoms. The van der Waals surface area contributed by atoms with Crippen LogP contribution in [-0.4, -0.2) is 23.5 Å². The van der Waals surface area contributed by atoms with Gasteiger partial charge in [0.1, 0.15) is 0 Å². The average Bonchev–Trinajstić information content (AvgIpc) is 3.05. The summed E-state index contributed by atoms with van der Waals surface area (Å²) in [5.74, 6) is 0.0891. The smallest absolute Gasteiger partial charge is 0.311 e. The Morgan fingerprint density at radius 3 is 2.45 bits per heavy atom. The lowest BCUT2D eigenvalue weighted by molar-refractivity contribution is -0.143. The van der Waals surface area contributed by atoms with Gasteiger partial charge in [0.25, 0.3) is 0 Å². The second-order valence-electron chi connectivity index (χ2n) is 6.68. The van der Waals surface area contributed by atoms with Gasteiger partial charge >= 0.3 is 5.97 Å². The van der Waals surface area contributed by atoms with Gasteiger partial charge in [-0.3, -0.25) is 9.59 Å². The predicted octanol–water partition coefficient (Wildman–Crippen LogP) is 2.96. The third-order valence-corrected chi connectivity index (χ3v) is 5.01. The van der Waals surface area contributed by atoms with Crippen molar-refractivity contribution >= 4 is 11.9 Å². The molecule has 1 unspecified atom stereocenters. The molecular weight excluding hydrogens is 254 g/mol. The lowest BCUT2D eigenvalue weighted by Crippen LogP contribution is -2.38. The van der Waals surface area contributed by atoms with Crippen molar-refractivity contribution in [2.24, 2.45) is 17.3 Å². The van der Waals surface area contributed by atoms with Crippen molar-refractivity contribution in [1.82, 2.24) is 5.32 Å². The van der Waals surface area contributed by atoms with E-state index in [-0.39, 0.29) is 11.8 Å². The Hall–Kier alpha value is -1.06. The van der Waals surface area contributed by atoms with E-state index in [0.717, 1.165) is 19.3 Å². The lowest BCUT2D eigenvalue weighted by atomic mass is 9.89. The SMILES string of the molecule is CCCC(CC1CCCC1)C(=O)NCC1(C(=O)O)CC1. The highest BCUT2D eigenvalue weighted by atomic mass is 16.4. The van der Waals surface area contributed by atoms with Crippen molar-refractivity contribution in [1.29, 1.82) is 0 Å². The van der Waals surface area contributed by atoms with Crippen molar-refractivity contribution < 1.29 is 14.7 Å². The maximum absolute atomic E-state index is 12.3. The van der Waals surface area contributed by atoms with E-state index in [9.17, 15) is 9.59 Å². The van der Waals surface area contributed by atoms with Gasteiger partial charge < -0.3 is 10.4 Å². The zero-order valence-corrected chi connectivity index (χ0v) is 12.5. The van der Waals surface area contributed by atoms with Crippen LogP contribution in [0, 0.1) is 17.3 Å². The van der Waals surface area contributed by atoms with E-state index in [1.54, 1.807) is 0 Å². The molecule has 2 aliphatic rings. The first-order chi connectivity index (χ1) is 9.57. The Labute approximate surface area is 121 Å². The number of hydrogen-bond donors (Lipinski definition) is 2. The molecule has 0 radical (unpaired) electrons. The minimum Gasteiger partial charge on any atom is -0.481 e. The molecule has 0 aromatic carbocycles. The molecule has 1 amide bonds. The molecule has 114 valence electrons. The van der Waals surface area contributed by atoms with Crippen LogP contribution in [0.2, 0.25) is 0 Å².